The first-order chi connectivity index (χ1) is 8.54. The van der Waals surface area contributed by atoms with Crippen LogP contribution in [0.4, 0.5) is 5.69 Å². The molecule has 0 bridgehead atoms. The van der Waals surface area contributed by atoms with Gasteiger partial charge >= 0.3 is 5.97 Å². The molecular weight excluding hydrogens is 234 g/mol. The summed E-state index contributed by atoms with van der Waals surface area (Å²) in [4.78, 5) is 24.9. The number of hydrogen-bond acceptors (Lipinski definition) is 4. The predicted octanol–water partition coefficient (Wildman–Crippen LogP) is 1.61. The van der Waals surface area contributed by atoms with E-state index in [0.29, 0.717) is 17.0 Å². The molecule has 1 aliphatic heterocycles. The molecule has 96 valence electrons. The molecule has 0 spiro atoms. The quantitative estimate of drug-likeness (QED) is 0.747. The molecule has 0 unspecified atom stereocenters. The number of methoxy groups -OCH3 is 1. The molecule has 0 N–H and O–H groups in total. The topological polar surface area (TPSA) is 55.8 Å². The van der Waals surface area contributed by atoms with Crippen LogP contribution in [0.1, 0.15) is 24.2 Å². The van der Waals surface area contributed by atoms with Crippen LogP contribution in [0.5, 0.6) is 5.75 Å². The number of anilines is 1. The molecule has 1 aromatic rings. The molecule has 1 amide bonds. The van der Waals surface area contributed by atoms with Gasteiger partial charge < -0.3 is 14.4 Å². The van der Waals surface area contributed by atoms with E-state index in [1.165, 1.54) is 7.11 Å². The van der Waals surface area contributed by atoms with Crippen LogP contribution >= 0.6 is 0 Å². The van der Waals surface area contributed by atoms with Crippen LogP contribution in [0.3, 0.4) is 0 Å². The molecule has 1 aromatic carbocycles. The van der Waals surface area contributed by atoms with Crippen molar-refractivity contribution in [2.45, 2.75) is 19.9 Å². The molecule has 5 nitrogen and oxygen atoms in total. The third-order valence-electron chi connectivity index (χ3n) is 2.78. The first-order valence-corrected chi connectivity index (χ1v) is 5.72. The van der Waals surface area contributed by atoms with Crippen molar-refractivity contribution in [3.05, 3.63) is 23.8 Å². The Balaban J connectivity index is 2.43. The number of benzene rings is 1. The largest absolute Gasteiger partial charge is 0.482 e. The molecule has 1 heterocycles. The van der Waals surface area contributed by atoms with Gasteiger partial charge in [-0.25, -0.2) is 4.79 Å². The highest BCUT2D eigenvalue weighted by Gasteiger charge is 2.28. The van der Waals surface area contributed by atoms with Gasteiger partial charge in [-0.3, -0.25) is 4.79 Å². The standard InChI is InChI=1S/C13H15NO4/c1-8(2)14-10-5-4-9(13(16)17-3)6-11(10)18-7-12(14)15/h4-6,8H,7H2,1-3H3. The monoisotopic (exact) mass is 249 g/mol. The van der Waals surface area contributed by atoms with Crippen molar-refractivity contribution in [3.8, 4) is 5.75 Å². The fraction of sp³-hybridized carbons (Fsp3) is 0.385. The Bertz CT molecular complexity index is 496. The molecule has 0 aromatic heterocycles. The second-order valence-electron chi connectivity index (χ2n) is 4.32. The van der Waals surface area contributed by atoms with Gasteiger partial charge in [-0.05, 0) is 32.0 Å². The van der Waals surface area contributed by atoms with Crippen molar-refractivity contribution in [2.24, 2.45) is 0 Å². The van der Waals surface area contributed by atoms with Gasteiger partial charge in [-0.15, -0.1) is 0 Å². The van der Waals surface area contributed by atoms with Crippen LogP contribution < -0.4 is 9.64 Å². The number of ether oxygens (including phenoxy) is 2. The zero-order valence-corrected chi connectivity index (χ0v) is 10.6. The summed E-state index contributed by atoms with van der Waals surface area (Å²) in [5.74, 6) is 0.0314. The number of fused-ring (bicyclic) bond motifs is 1. The Hall–Kier alpha value is -2.04. The Labute approximate surface area is 105 Å². The zero-order valence-electron chi connectivity index (χ0n) is 10.6. The van der Waals surface area contributed by atoms with Gasteiger partial charge in [0.25, 0.3) is 5.91 Å². The number of nitrogens with zero attached hydrogens (tertiary/aromatic N) is 1. The van der Waals surface area contributed by atoms with Crippen LogP contribution in [0.15, 0.2) is 18.2 Å². The third-order valence-corrected chi connectivity index (χ3v) is 2.78. The Kier molecular flexibility index (Phi) is 3.23. The van der Waals surface area contributed by atoms with Crippen molar-refractivity contribution >= 4 is 17.6 Å². The lowest BCUT2D eigenvalue weighted by Crippen LogP contribution is -2.43. The summed E-state index contributed by atoms with van der Waals surface area (Å²) in [5.41, 5.74) is 1.10. The maximum atomic E-state index is 11.8. The van der Waals surface area contributed by atoms with E-state index in [4.69, 9.17) is 4.74 Å². The molecule has 0 saturated carbocycles. The highest BCUT2D eigenvalue weighted by atomic mass is 16.5. The van der Waals surface area contributed by atoms with E-state index < -0.39 is 5.97 Å². The number of esters is 1. The summed E-state index contributed by atoms with van der Waals surface area (Å²) in [5, 5.41) is 0. The third kappa shape index (κ3) is 2.03. The van der Waals surface area contributed by atoms with Crippen LogP contribution in [0, 0.1) is 0 Å². The lowest BCUT2D eigenvalue weighted by Gasteiger charge is -2.32. The SMILES string of the molecule is COC(=O)c1ccc2c(c1)OCC(=O)N2C(C)C. The highest BCUT2D eigenvalue weighted by Crippen LogP contribution is 2.34. The van der Waals surface area contributed by atoms with Crippen molar-refractivity contribution in [3.63, 3.8) is 0 Å². The molecule has 2 rings (SSSR count). The maximum absolute atomic E-state index is 11.8. The number of hydrogen-bond donors (Lipinski definition) is 0. The van der Waals surface area contributed by atoms with Crippen LogP contribution in [-0.4, -0.2) is 31.6 Å². The number of amides is 1. The molecule has 1 aliphatic rings. The molecule has 0 radical (unpaired) electrons. The van der Waals surface area contributed by atoms with Gasteiger partial charge in [0.2, 0.25) is 0 Å². The lowest BCUT2D eigenvalue weighted by molar-refractivity contribution is -0.121. The van der Waals surface area contributed by atoms with Crippen molar-refractivity contribution in [1.29, 1.82) is 0 Å². The summed E-state index contributed by atoms with van der Waals surface area (Å²) in [7, 11) is 1.33. The maximum Gasteiger partial charge on any atom is 0.337 e. The minimum Gasteiger partial charge on any atom is -0.482 e. The van der Waals surface area contributed by atoms with E-state index in [1.807, 2.05) is 13.8 Å². The second kappa shape index (κ2) is 4.68. The normalized spacial score (nSPS) is 14.2. The van der Waals surface area contributed by atoms with Crippen molar-refractivity contribution in [1.82, 2.24) is 0 Å². The first kappa shape index (κ1) is 12.4. The van der Waals surface area contributed by atoms with Gasteiger partial charge in [-0.2, -0.15) is 0 Å². The smallest absolute Gasteiger partial charge is 0.337 e. The Morgan fingerprint density at radius 3 is 2.78 bits per heavy atom. The summed E-state index contributed by atoms with van der Waals surface area (Å²) in [6, 6.07) is 4.98. The van der Waals surface area contributed by atoms with Crippen LogP contribution in [-0.2, 0) is 9.53 Å². The molecular formula is C13H15NO4. The molecule has 5 heteroatoms. The van der Waals surface area contributed by atoms with E-state index in [9.17, 15) is 9.59 Å². The van der Waals surface area contributed by atoms with E-state index in [0.717, 1.165) is 0 Å². The van der Waals surface area contributed by atoms with Crippen molar-refractivity contribution < 1.29 is 19.1 Å². The Morgan fingerprint density at radius 2 is 2.17 bits per heavy atom. The average molecular weight is 249 g/mol. The minimum atomic E-state index is -0.422. The highest BCUT2D eigenvalue weighted by molar-refractivity contribution is 5.99. The van der Waals surface area contributed by atoms with Gasteiger partial charge in [-0.1, -0.05) is 0 Å². The molecule has 0 atom stereocenters. The minimum absolute atomic E-state index is 0.00416. The first-order valence-electron chi connectivity index (χ1n) is 5.72. The predicted molar refractivity (Wildman–Crippen MR) is 65.9 cm³/mol. The van der Waals surface area contributed by atoms with Gasteiger partial charge in [0.05, 0.1) is 18.4 Å². The zero-order chi connectivity index (χ0) is 13.3. The van der Waals surface area contributed by atoms with Gasteiger partial charge in [0.1, 0.15) is 5.75 Å². The second-order valence-corrected chi connectivity index (χ2v) is 4.32. The van der Waals surface area contributed by atoms with E-state index in [2.05, 4.69) is 4.74 Å². The Morgan fingerprint density at radius 1 is 1.44 bits per heavy atom. The lowest BCUT2D eigenvalue weighted by atomic mass is 10.1. The fourth-order valence-electron chi connectivity index (χ4n) is 1.98. The fourth-order valence-corrected chi connectivity index (χ4v) is 1.98. The average Bonchev–Trinajstić information content (AvgIpc) is 2.36. The van der Waals surface area contributed by atoms with Crippen LogP contribution in [0.25, 0.3) is 0 Å². The summed E-state index contributed by atoms with van der Waals surface area (Å²) < 4.78 is 10.0. The summed E-state index contributed by atoms with van der Waals surface area (Å²) in [6.45, 7) is 3.86. The van der Waals surface area contributed by atoms with E-state index in [-0.39, 0.29) is 18.6 Å². The number of carbonyl (C=O) groups is 2. The molecule has 0 saturated heterocycles. The molecule has 0 fully saturated rings. The van der Waals surface area contributed by atoms with Crippen LogP contribution in [0.2, 0.25) is 0 Å². The summed E-state index contributed by atoms with van der Waals surface area (Å²) >= 11 is 0. The number of carbonyl (C=O) groups excluding carboxylic acids is 2. The van der Waals surface area contributed by atoms with E-state index in [1.54, 1.807) is 23.1 Å². The number of rotatable bonds is 2. The van der Waals surface area contributed by atoms with Gasteiger partial charge in [0.15, 0.2) is 6.61 Å². The van der Waals surface area contributed by atoms with Crippen molar-refractivity contribution in [2.75, 3.05) is 18.6 Å². The van der Waals surface area contributed by atoms with Gasteiger partial charge in [0, 0.05) is 6.04 Å². The molecule has 18 heavy (non-hydrogen) atoms. The summed E-state index contributed by atoms with van der Waals surface area (Å²) in [6.07, 6.45) is 0. The molecule has 0 aliphatic carbocycles. The van der Waals surface area contributed by atoms with E-state index >= 15 is 0 Å².